The van der Waals surface area contributed by atoms with Crippen molar-refractivity contribution in [3.05, 3.63) is 28.8 Å². The minimum atomic E-state index is -0.517. The third-order valence-corrected chi connectivity index (χ3v) is 4.47. The molecule has 2 N–H and O–H groups in total. The predicted molar refractivity (Wildman–Crippen MR) is 95.3 cm³/mol. The lowest BCUT2D eigenvalue weighted by Gasteiger charge is -2.30. The second-order valence-corrected chi connectivity index (χ2v) is 7.67. The maximum Gasteiger partial charge on any atom is 0.412 e. The monoisotopic (exact) mass is 338 g/mol. The van der Waals surface area contributed by atoms with Gasteiger partial charge in [-0.2, -0.15) is 0 Å². The molecule has 1 aromatic rings. The quantitative estimate of drug-likeness (QED) is 0.833. The van der Waals surface area contributed by atoms with Crippen LogP contribution in [0.1, 0.15) is 52.0 Å². The van der Waals surface area contributed by atoms with E-state index in [1.807, 2.05) is 32.9 Å². The standard InChI is InChI=1S/C18H27ClN2O2/c1-12(13-7-9-20-10-8-13)15-11-14(19)5-6-16(15)21-17(22)23-18(2,3)4/h5-6,11-13,20H,7-10H2,1-4H3,(H,21,22). The fourth-order valence-electron chi connectivity index (χ4n) is 3.04. The Morgan fingerprint density at radius 1 is 1.35 bits per heavy atom. The molecular weight excluding hydrogens is 312 g/mol. The Balaban J connectivity index is 2.18. The summed E-state index contributed by atoms with van der Waals surface area (Å²) >= 11 is 6.19. The average molecular weight is 339 g/mol. The molecule has 0 saturated carbocycles. The zero-order chi connectivity index (χ0) is 17.0. The molecule has 0 spiro atoms. The van der Waals surface area contributed by atoms with Crippen molar-refractivity contribution in [1.29, 1.82) is 0 Å². The number of halogens is 1. The van der Waals surface area contributed by atoms with Gasteiger partial charge in [0.05, 0.1) is 0 Å². The Kier molecular flexibility index (Phi) is 5.93. The Morgan fingerprint density at radius 2 is 2.00 bits per heavy atom. The molecule has 1 saturated heterocycles. The first-order valence-corrected chi connectivity index (χ1v) is 8.64. The molecule has 0 bridgehead atoms. The van der Waals surface area contributed by atoms with Crippen LogP contribution < -0.4 is 10.6 Å². The fraction of sp³-hybridized carbons (Fsp3) is 0.611. The minimum Gasteiger partial charge on any atom is -0.444 e. The number of benzene rings is 1. The lowest BCUT2D eigenvalue weighted by Crippen LogP contribution is -2.31. The first-order valence-electron chi connectivity index (χ1n) is 8.26. The van der Waals surface area contributed by atoms with Crippen LogP contribution in [0.3, 0.4) is 0 Å². The highest BCUT2D eigenvalue weighted by Crippen LogP contribution is 2.36. The van der Waals surface area contributed by atoms with Gasteiger partial charge in [-0.3, -0.25) is 5.32 Å². The van der Waals surface area contributed by atoms with Crippen LogP contribution in [0.4, 0.5) is 10.5 Å². The summed E-state index contributed by atoms with van der Waals surface area (Å²) in [5, 5.41) is 6.96. The molecule has 1 amide bonds. The highest BCUT2D eigenvalue weighted by Gasteiger charge is 2.25. The minimum absolute atomic E-state index is 0.334. The first kappa shape index (κ1) is 18.1. The summed E-state index contributed by atoms with van der Waals surface area (Å²) in [6, 6.07) is 5.62. The molecule has 5 heteroatoms. The van der Waals surface area contributed by atoms with E-state index in [1.54, 1.807) is 6.07 Å². The van der Waals surface area contributed by atoms with Crippen LogP contribution in [0.2, 0.25) is 5.02 Å². The Labute approximate surface area is 143 Å². The summed E-state index contributed by atoms with van der Waals surface area (Å²) in [5.41, 5.74) is 1.35. The normalized spacial score (nSPS) is 17.6. The van der Waals surface area contributed by atoms with Crippen LogP contribution in [0.15, 0.2) is 18.2 Å². The molecule has 4 nitrogen and oxygen atoms in total. The molecule has 0 aromatic heterocycles. The summed E-state index contributed by atoms with van der Waals surface area (Å²) in [5.74, 6) is 0.926. The van der Waals surface area contributed by atoms with Crippen LogP contribution in [-0.2, 0) is 4.74 Å². The van der Waals surface area contributed by atoms with Crippen molar-refractivity contribution in [3.63, 3.8) is 0 Å². The maximum atomic E-state index is 12.1. The van der Waals surface area contributed by atoms with Gasteiger partial charge in [0.1, 0.15) is 5.60 Å². The van der Waals surface area contributed by atoms with Crippen molar-refractivity contribution in [1.82, 2.24) is 5.32 Å². The SMILES string of the molecule is CC(c1cc(Cl)ccc1NC(=O)OC(C)(C)C)C1CCNCC1. The van der Waals surface area contributed by atoms with E-state index < -0.39 is 11.7 Å². The summed E-state index contributed by atoms with van der Waals surface area (Å²) in [4.78, 5) is 12.1. The van der Waals surface area contributed by atoms with Gasteiger partial charge in [0, 0.05) is 10.7 Å². The van der Waals surface area contributed by atoms with Gasteiger partial charge in [-0.15, -0.1) is 0 Å². The van der Waals surface area contributed by atoms with Crippen molar-refractivity contribution in [2.75, 3.05) is 18.4 Å². The molecular formula is C18H27ClN2O2. The zero-order valence-electron chi connectivity index (χ0n) is 14.4. The number of hydrogen-bond donors (Lipinski definition) is 2. The lowest BCUT2D eigenvalue weighted by atomic mass is 9.81. The largest absolute Gasteiger partial charge is 0.444 e. The van der Waals surface area contributed by atoms with E-state index in [2.05, 4.69) is 17.6 Å². The third-order valence-electron chi connectivity index (χ3n) is 4.23. The third kappa shape index (κ3) is 5.40. The van der Waals surface area contributed by atoms with Crippen LogP contribution in [0, 0.1) is 5.92 Å². The fourth-order valence-corrected chi connectivity index (χ4v) is 3.22. The van der Waals surface area contributed by atoms with E-state index in [-0.39, 0.29) is 0 Å². The molecule has 1 aromatic carbocycles. The maximum absolute atomic E-state index is 12.1. The lowest BCUT2D eigenvalue weighted by molar-refractivity contribution is 0.0635. The molecule has 1 aliphatic heterocycles. The van der Waals surface area contributed by atoms with E-state index in [4.69, 9.17) is 16.3 Å². The molecule has 1 heterocycles. The summed E-state index contributed by atoms with van der Waals surface area (Å²) in [6.45, 7) is 9.86. The smallest absolute Gasteiger partial charge is 0.412 e. The number of carbonyl (C=O) groups excluding carboxylic acids is 1. The van der Waals surface area contributed by atoms with Crippen LogP contribution >= 0.6 is 11.6 Å². The second kappa shape index (κ2) is 7.54. The molecule has 128 valence electrons. The summed E-state index contributed by atoms with van der Waals surface area (Å²) in [7, 11) is 0. The van der Waals surface area contributed by atoms with E-state index >= 15 is 0 Å². The first-order chi connectivity index (χ1) is 10.8. The summed E-state index contributed by atoms with van der Waals surface area (Å²) < 4.78 is 5.36. The van der Waals surface area contributed by atoms with Crippen molar-refractivity contribution >= 4 is 23.4 Å². The van der Waals surface area contributed by atoms with E-state index in [0.29, 0.717) is 16.9 Å². The molecule has 1 fully saturated rings. The number of anilines is 1. The second-order valence-electron chi connectivity index (χ2n) is 7.23. The van der Waals surface area contributed by atoms with Crippen molar-refractivity contribution in [2.24, 2.45) is 5.92 Å². The topological polar surface area (TPSA) is 50.4 Å². The summed E-state index contributed by atoms with van der Waals surface area (Å²) in [6.07, 6.45) is 1.85. The number of carbonyl (C=O) groups is 1. The molecule has 0 aliphatic carbocycles. The highest BCUT2D eigenvalue weighted by molar-refractivity contribution is 6.30. The average Bonchev–Trinajstić information content (AvgIpc) is 2.47. The molecule has 2 rings (SSSR count). The number of piperidine rings is 1. The van der Waals surface area contributed by atoms with Gasteiger partial charge in [0.25, 0.3) is 0 Å². The Bertz CT molecular complexity index is 548. The Hall–Kier alpha value is -1.26. The van der Waals surface area contributed by atoms with E-state index in [0.717, 1.165) is 37.2 Å². The molecule has 0 radical (unpaired) electrons. The van der Waals surface area contributed by atoms with Crippen molar-refractivity contribution in [3.8, 4) is 0 Å². The molecule has 23 heavy (non-hydrogen) atoms. The Morgan fingerprint density at radius 3 is 2.61 bits per heavy atom. The number of hydrogen-bond acceptors (Lipinski definition) is 3. The number of rotatable bonds is 3. The van der Waals surface area contributed by atoms with E-state index in [1.165, 1.54) is 0 Å². The highest BCUT2D eigenvalue weighted by atomic mass is 35.5. The number of nitrogens with one attached hydrogen (secondary N) is 2. The molecule has 1 atom stereocenters. The van der Waals surface area contributed by atoms with Gasteiger partial charge < -0.3 is 10.1 Å². The van der Waals surface area contributed by atoms with Crippen LogP contribution in [0.5, 0.6) is 0 Å². The molecule has 1 aliphatic rings. The number of ether oxygens (including phenoxy) is 1. The van der Waals surface area contributed by atoms with Gasteiger partial charge in [0.15, 0.2) is 0 Å². The van der Waals surface area contributed by atoms with Crippen LogP contribution in [-0.4, -0.2) is 24.8 Å². The zero-order valence-corrected chi connectivity index (χ0v) is 15.2. The van der Waals surface area contributed by atoms with Gasteiger partial charge >= 0.3 is 6.09 Å². The van der Waals surface area contributed by atoms with Crippen molar-refractivity contribution < 1.29 is 9.53 Å². The molecule has 1 unspecified atom stereocenters. The van der Waals surface area contributed by atoms with E-state index in [9.17, 15) is 4.79 Å². The predicted octanol–water partition coefficient (Wildman–Crippen LogP) is 4.79. The van der Waals surface area contributed by atoms with Crippen LogP contribution in [0.25, 0.3) is 0 Å². The van der Waals surface area contributed by atoms with Gasteiger partial charge in [0.2, 0.25) is 0 Å². The van der Waals surface area contributed by atoms with Crippen molar-refractivity contribution in [2.45, 2.75) is 52.1 Å². The van der Waals surface area contributed by atoms with Gasteiger partial charge in [-0.1, -0.05) is 18.5 Å². The van der Waals surface area contributed by atoms with Gasteiger partial charge in [-0.05, 0) is 82.3 Å². The number of amides is 1. The van der Waals surface area contributed by atoms with Gasteiger partial charge in [-0.25, -0.2) is 4.79 Å².